The quantitative estimate of drug-likeness (QED) is 0.475. The first-order chi connectivity index (χ1) is 9.13. The van der Waals surface area contributed by atoms with Gasteiger partial charge in [0.2, 0.25) is 0 Å². The number of rotatable bonds is 4. The minimum absolute atomic E-state index is 0.362. The van der Waals surface area contributed by atoms with Gasteiger partial charge in [-0.3, -0.25) is 0 Å². The average molecular weight is 455 g/mol. The van der Waals surface area contributed by atoms with Gasteiger partial charge in [0.1, 0.15) is 5.75 Å². The zero-order chi connectivity index (χ0) is 13.8. The molecule has 0 saturated heterocycles. The van der Waals surface area contributed by atoms with Crippen molar-refractivity contribution in [1.29, 1.82) is 0 Å². The lowest BCUT2D eigenvalue weighted by molar-refractivity contribution is 0.120. The Morgan fingerprint density at radius 3 is 2.47 bits per heavy atom. The molecule has 4 heteroatoms. The van der Waals surface area contributed by atoms with E-state index in [-0.39, 0.29) is 0 Å². The molecule has 0 aromatic heterocycles. The molecule has 106 valence electrons. The highest BCUT2D eigenvalue weighted by Gasteiger charge is 2.23. The number of hydrogen-bond donors (Lipinski definition) is 0. The van der Waals surface area contributed by atoms with Gasteiger partial charge in [-0.05, 0) is 74.7 Å². The molecule has 0 heterocycles. The van der Waals surface area contributed by atoms with E-state index < -0.39 is 0 Å². The Labute approximate surface area is 140 Å². The van der Waals surface area contributed by atoms with Gasteiger partial charge >= 0.3 is 0 Å². The summed E-state index contributed by atoms with van der Waals surface area (Å²) in [6, 6.07) is 4.24. The Morgan fingerprint density at radius 2 is 1.89 bits per heavy atom. The SMILES string of the molecule is CCC1CCCC(Oc2c(Br)cc(CBr)cc2Br)C1. The molecule has 0 amide bonds. The highest BCUT2D eigenvalue weighted by atomic mass is 79.9. The second-order valence-electron chi connectivity index (χ2n) is 5.20. The van der Waals surface area contributed by atoms with Crippen molar-refractivity contribution in [3.05, 3.63) is 26.6 Å². The van der Waals surface area contributed by atoms with Gasteiger partial charge in [-0.25, -0.2) is 0 Å². The minimum atomic E-state index is 0.362. The Kier molecular flexibility index (Phi) is 6.22. The van der Waals surface area contributed by atoms with Crippen molar-refractivity contribution in [3.8, 4) is 5.75 Å². The third-order valence-corrected chi connectivity index (χ3v) is 5.63. The molecule has 1 aliphatic rings. The third kappa shape index (κ3) is 4.21. The standard InChI is InChI=1S/C15H19Br3O/c1-2-10-4-3-5-12(6-10)19-15-13(17)7-11(9-16)8-14(15)18/h7-8,10,12H,2-6,9H2,1H3. The van der Waals surface area contributed by atoms with E-state index in [1.54, 1.807) is 0 Å². The summed E-state index contributed by atoms with van der Waals surface area (Å²) < 4.78 is 8.31. The first-order valence-corrected chi connectivity index (χ1v) is 9.55. The fraction of sp³-hybridized carbons (Fsp3) is 0.600. The van der Waals surface area contributed by atoms with Crippen LogP contribution in [-0.4, -0.2) is 6.10 Å². The summed E-state index contributed by atoms with van der Waals surface area (Å²) in [5, 5.41) is 0.853. The molecular formula is C15H19Br3O. The lowest BCUT2D eigenvalue weighted by atomic mass is 9.85. The van der Waals surface area contributed by atoms with Crippen LogP contribution in [0.25, 0.3) is 0 Å². The number of ether oxygens (including phenoxy) is 1. The zero-order valence-corrected chi connectivity index (χ0v) is 15.9. The Balaban J connectivity index is 2.10. The summed E-state index contributed by atoms with van der Waals surface area (Å²) >= 11 is 10.7. The number of hydrogen-bond acceptors (Lipinski definition) is 1. The molecule has 1 nitrogen and oxygen atoms in total. The van der Waals surface area contributed by atoms with Gasteiger partial charge in [-0.15, -0.1) is 0 Å². The van der Waals surface area contributed by atoms with E-state index in [4.69, 9.17) is 4.74 Å². The summed E-state index contributed by atoms with van der Waals surface area (Å²) in [6.45, 7) is 2.28. The summed E-state index contributed by atoms with van der Waals surface area (Å²) in [7, 11) is 0. The lowest BCUT2D eigenvalue weighted by Crippen LogP contribution is -2.25. The second-order valence-corrected chi connectivity index (χ2v) is 7.47. The first kappa shape index (κ1) is 15.8. The van der Waals surface area contributed by atoms with Gasteiger partial charge in [-0.2, -0.15) is 0 Å². The molecule has 0 aliphatic heterocycles. The van der Waals surface area contributed by atoms with Crippen molar-refractivity contribution in [3.63, 3.8) is 0 Å². The van der Waals surface area contributed by atoms with Crippen LogP contribution in [0, 0.1) is 5.92 Å². The van der Waals surface area contributed by atoms with Crippen LogP contribution in [0.1, 0.15) is 44.6 Å². The van der Waals surface area contributed by atoms with Gasteiger partial charge in [0.05, 0.1) is 15.0 Å². The predicted octanol–water partition coefficient (Wildman–Crippen LogP) is 6.45. The monoisotopic (exact) mass is 452 g/mol. The Bertz CT molecular complexity index is 410. The van der Waals surface area contributed by atoms with Crippen LogP contribution in [-0.2, 0) is 5.33 Å². The largest absolute Gasteiger partial charge is 0.488 e. The minimum Gasteiger partial charge on any atom is -0.488 e. The fourth-order valence-corrected chi connectivity index (χ4v) is 4.48. The maximum atomic E-state index is 6.24. The van der Waals surface area contributed by atoms with Gasteiger partial charge in [0.25, 0.3) is 0 Å². The average Bonchev–Trinajstić information content (AvgIpc) is 2.42. The number of benzene rings is 1. The molecule has 19 heavy (non-hydrogen) atoms. The van der Waals surface area contributed by atoms with Gasteiger partial charge in [0, 0.05) is 5.33 Å². The highest BCUT2D eigenvalue weighted by Crippen LogP contribution is 2.38. The van der Waals surface area contributed by atoms with Gasteiger partial charge < -0.3 is 4.74 Å². The van der Waals surface area contributed by atoms with Gasteiger partial charge in [0.15, 0.2) is 0 Å². The Morgan fingerprint density at radius 1 is 1.21 bits per heavy atom. The van der Waals surface area contributed by atoms with Crippen molar-refractivity contribution in [2.75, 3.05) is 0 Å². The van der Waals surface area contributed by atoms with Crippen LogP contribution in [0.3, 0.4) is 0 Å². The molecular weight excluding hydrogens is 436 g/mol. The molecule has 2 unspecified atom stereocenters. The maximum absolute atomic E-state index is 6.24. The van der Waals surface area contributed by atoms with E-state index in [9.17, 15) is 0 Å². The normalized spacial score (nSPS) is 23.4. The summed E-state index contributed by atoms with van der Waals surface area (Å²) in [4.78, 5) is 0. The highest BCUT2D eigenvalue weighted by molar-refractivity contribution is 9.11. The van der Waals surface area contributed by atoms with Crippen molar-refractivity contribution in [2.24, 2.45) is 5.92 Å². The summed E-state index contributed by atoms with van der Waals surface area (Å²) in [5.41, 5.74) is 1.24. The molecule has 2 atom stereocenters. The van der Waals surface area contributed by atoms with Crippen molar-refractivity contribution in [1.82, 2.24) is 0 Å². The van der Waals surface area contributed by atoms with Crippen molar-refractivity contribution in [2.45, 2.75) is 50.5 Å². The molecule has 1 fully saturated rings. The summed E-state index contributed by atoms with van der Waals surface area (Å²) in [6.07, 6.45) is 6.65. The second kappa shape index (κ2) is 7.46. The topological polar surface area (TPSA) is 9.23 Å². The molecule has 0 bridgehead atoms. The molecule has 1 saturated carbocycles. The van der Waals surface area contributed by atoms with Crippen LogP contribution in [0.2, 0.25) is 0 Å². The lowest BCUT2D eigenvalue weighted by Gasteiger charge is -2.29. The Hall–Kier alpha value is 0.460. The zero-order valence-electron chi connectivity index (χ0n) is 11.1. The van der Waals surface area contributed by atoms with Crippen LogP contribution >= 0.6 is 47.8 Å². The number of halogens is 3. The first-order valence-electron chi connectivity index (χ1n) is 6.84. The third-order valence-electron chi connectivity index (χ3n) is 3.81. The van der Waals surface area contributed by atoms with Crippen LogP contribution < -0.4 is 4.74 Å². The van der Waals surface area contributed by atoms with Crippen LogP contribution in [0.4, 0.5) is 0 Å². The van der Waals surface area contributed by atoms with E-state index in [2.05, 4.69) is 66.8 Å². The maximum Gasteiger partial charge on any atom is 0.148 e. The molecule has 2 rings (SSSR count). The molecule has 1 aromatic carbocycles. The van der Waals surface area contributed by atoms with E-state index >= 15 is 0 Å². The summed E-state index contributed by atoms with van der Waals surface area (Å²) in [5.74, 6) is 1.78. The predicted molar refractivity (Wildman–Crippen MR) is 91.1 cm³/mol. The molecule has 0 radical (unpaired) electrons. The van der Waals surface area contributed by atoms with E-state index in [1.807, 2.05) is 0 Å². The molecule has 0 N–H and O–H groups in total. The van der Waals surface area contributed by atoms with E-state index in [0.29, 0.717) is 6.10 Å². The van der Waals surface area contributed by atoms with Crippen LogP contribution in [0.5, 0.6) is 5.75 Å². The molecule has 1 aromatic rings. The van der Waals surface area contributed by atoms with Crippen LogP contribution in [0.15, 0.2) is 21.1 Å². The fourth-order valence-electron chi connectivity index (χ4n) is 2.69. The number of alkyl halides is 1. The van der Waals surface area contributed by atoms with Crippen molar-refractivity contribution < 1.29 is 4.74 Å². The van der Waals surface area contributed by atoms with E-state index in [0.717, 1.165) is 25.9 Å². The molecule has 0 spiro atoms. The van der Waals surface area contributed by atoms with E-state index in [1.165, 1.54) is 37.7 Å². The molecule has 1 aliphatic carbocycles. The van der Waals surface area contributed by atoms with Crippen molar-refractivity contribution >= 4 is 47.8 Å². The van der Waals surface area contributed by atoms with Gasteiger partial charge in [-0.1, -0.05) is 35.7 Å². The smallest absolute Gasteiger partial charge is 0.148 e.